The molecule has 1 atom stereocenters. The summed E-state index contributed by atoms with van der Waals surface area (Å²) in [6, 6.07) is 11.3. The Bertz CT molecular complexity index is 1290. The van der Waals surface area contributed by atoms with E-state index in [2.05, 4.69) is 15.2 Å². The predicted molar refractivity (Wildman–Crippen MR) is 132 cm³/mol. The van der Waals surface area contributed by atoms with Crippen LogP contribution in [0.3, 0.4) is 0 Å². The van der Waals surface area contributed by atoms with Crippen molar-refractivity contribution in [3.05, 3.63) is 86.2 Å². The number of methoxy groups -OCH3 is 1. The summed E-state index contributed by atoms with van der Waals surface area (Å²) in [5.41, 5.74) is -0.666. The number of nitrogens with zero attached hydrogens (tertiary/aromatic N) is 2. The third-order valence-electron chi connectivity index (χ3n) is 4.54. The first kappa shape index (κ1) is 25.6. The molecule has 2 N–H and O–H groups in total. The summed E-state index contributed by atoms with van der Waals surface area (Å²) in [6.07, 6.45) is 0.786. The fourth-order valence-electron chi connectivity index (χ4n) is 2.84. The van der Waals surface area contributed by atoms with Gasteiger partial charge in [0.1, 0.15) is 5.82 Å². The molecule has 0 spiro atoms. The number of hydrogen-bond acceptors (Lipinski definition) is 5. The quantitative estimate of drug-likeness (QED) is 0.122. The zero-order valence-corrected chi connectivity index (χ0v) is 20.7. The number of esters is 1. The molecule has 0 saturated carbocycles. The minimum Gasteiger partial charge on any atom is -0.465 e. The molecule has 1 unspecified atom stereocenters. The van der Waals surface area contributed by atoms with E-state index in [1.165, 1.54) is 30.3 Å². The lowest BCUT2D eigenvalue weighted by atomic mass is 10.1. The smallest absolute Gasteiger partial charge is 0.340 e. The van der Waals surface area contributed by atoms with Crippen LogP contribution in [0.15, 0.2) is 53.6 Å². The Morgan fingerprint density at radius 1 is 1.15 bits per heavy atom. The van der Waals surface area contributed by atoms with E-state index in [0.29, 0.717) is 7.98 Å². The number of ether oxygens (including phenoxy) is 1. The summed E-state index contributed by atoms with van der Waals surface area (Å²) < 4.78 is 71.3. The van der Waals surface area contributed by atoms with Crippen LogP contribution in [0.25, 0.3) is 0 Å². The second kappa shape index (κ2) is 11.0. The fraction of sp³-hybridized carbons (Fsp3) is 0.0909. The molecular formula is C22H17F3IN3O4S. The molecule has 0 aliphatic rings. The number of rotatable bonds is 7. The standard InChI is InChI=1S/C22H17F3IN3O4S/c1-12-3-6-15(7-4-12)29(34(31)32)27-11-13-9-16(22(30)33-2)21(20(25)19(13)24)28-18-8-5-14(26)10-17(18)23/h3-11,28H,1-2H3,(H,31,32)/b27-11+. The maximum Gasteiger partial charge on any atom is 0.340 e. The highest BCUT2D eigenvalue weighted by Crippen LogP contribution is 2.30. The first-order valence-corrected chi connectivity index (χ1v) is 11.6. The molecule has 0 bridgehead atoms. The zero-order valence-electron chi connectivity index (χ0n) is 17.7. The molecule has 3 rings (SSSR count). The number of anilines is 3. The highest BCUT2D eigenvalue weighted by molar-refractivity contribution is 14.1. The van der Waals surface area contributed by atoms with Crippen LogP contribution >= 0.6 is 22.6 Å². The van der Waals surface area contributed by atoms with Gasteiger partial charge in [0, 0.05) is 9.13 Å². The molecule has 3 aromatic rings. The van der Waals surface area contributed by atoms with Gasteiger partial charge in [-0.1, -0.05) is 17.7 Å². The van der Waals surface area contributed by atoms with E-state index < -0.39 is 51.5 Å². The van der Waals surface area contributed by atoms with Crippen molar-refractivity contribution in [2.24, 2.45) is 5.10 Å². The lowest BCUT2D eigenvalue weighted by Gasteiger charge is -2.16. The summed E-state index contributed by atoms with van der Waals surface area (Å²) in [5, 5.41) is 6.17. The monoisotopic (exact) mass is 603 g/mol. The molecule has 0 saturated heterocycles. The van der Waals surface area contributed by atoms with E-state index in [1.54, 1.807) is 12.1 Å². The average molecular weight is 603 g/mol. The van der Waals surface area contributed by atoms with Gasteiger partial charge in [0.15, 0.2) is 11.6 Å². The van der Waals surface area contributed by atoms with Crippen LogP contribution in [-0.4, -0.2) is 28.1 Å². The Morgan fingerprint density at radius 3 is 2.41 bits per heavy atom. The highest BCUT2D eigenvalue weighted by atomic mass is 127. The van der Waals surface area contributed by atoms with Crippen molar-refractivity contribution in [3.8, 4) is 0 Å². The Morgan fingerprint density at radius 2 is 1.82 bits per heavy atom. The van der Waals surface area contributed by atoms with Crippen molar-refractivity contribution in [1.29, 1.82) is 0 Å². The number of hydrogen-bond donors (Lipinski definition) is 2. The van der Waals surface area contributed by atoms with Crippen LogP contribution in [-0.2, 0) is 16.0 Å². The Labute approximate surface area is 209 Å². The molecular weight excluding hydrogens is 586 g/mol. The van der Waals surface area contributed by atoms with Crippen LogP contribution in [0.4, 0.5) is 30.2 Å². The number of nitrogens with one attached hydrogen (secondary N) is 1. The van der Waals surface area contributed by atoms with E-state index in [-0.39, 0.29) is 11.4 Å². The molecule has 0 aliphatic carbocycles. The second-order valence-corrected chi connectivity index (χ2v) is 8.89. The van der Waals surface area contributed by atoms with Gasteiger partial charge in [-0.3, -0.25) is 4.55 Å². The van der Waals surface area contributed by atoms with Crippen molar-refractivity contribution in [1.82, 2.24) is 0 Å². The van der Waals surface area contributed by atoms with Gasteiger partial charge in [-0.2, -0.15) is 9.52 Å². The number of benzene rings is 3. The molecule has 34 heavy (non-hydrogen) atoms. The number of carbonyl (C=O) groups excluding carboxylic acids is 1. The maximum absolute atomic E-state index is 15.0. The van der Waals surface area contributed by atoms with Crippen molar-refractivity contribution >= 4 is 63.1 Å². The number of aryl methyl sites for hydroxylation is 1. The van der Waals surface area contributed by atoms with Crippen LogP contribution in [0.1, 0.15) is 21.5 Å². The van der Waals surface area contributed by atoms with Crippen LogP contribution in [0.5, 0.6) is 0 Å². The topological polar surface area (TPSA) is 91.2 Å². The Kier molecular flexibility index (Phi) is 8.28. The van der Waals surface area contributed by atoms with Crippen molar-refractivity contribution < 1.29 is 31.5 Å². The second-order valence-electron chi connectivity index (χ2n) is 6.84. The summed E-state index contributed by atoms with van der Waals surface area (Å²) >= 11 is -0.742. The third-order valence-corrected chi connectivity index (χ3v) is 5.81. The molecule has 178 valence electrons. The lowest BCUT2D eigenvalue weighted by Crippen LogP contribution is -2.19. The minimum absolute atomic E-state index is 0.188. The molecule has 0 heterocycles. The van der Waals surface area contributed by atoms with Gasteiger partial charge < -0.3 is 10.1 Å². The molecule has 0 fully saturated rings. The van der Waals surface area contributed by atoms with Crippen LogP contribution in [0.2, 0.25) is 0 Å². The largest absolute Gasteiger partial charge is 0.465 e. The minimum atomic E-state index is -2.62. The first-order chi connectivity index (χ1) is 16.1. The van der Waals surface area contributed by atoms with Gasteiger partial charge in [0.2, 0.25) is 0 Å². The van der Waals surface area contributed by atoms with E-state index in [0.717, 1.165) is 25.0 Å². The fourth-order valence-corrected chi connectivity index (χ4v) is 3.73. The van der Waals surface area contributed by atoms with Crippen LogP contribution in [0, 0.1) is 27.9 Å². The SMILES string of the molecule is COC(=O)c1cc(/C=N/N(c2ccc(C)cc2)S(=O)O)c(F)c(F)c1Nc1ccc(I)cc1F. The summed E-state index contributed by atoms with van der Waals surface area (Å²) in [6.45, 7) is 1.82. The molecule has 0 aromatic heterocycles. The van der Waals surface area contributed by atoms with Gasteiger partial charge in [0.05, 0.1) is 36.0 Å². The molecule has 3 aromatic carbocycles. The third kappa shape index (κ3) is 5.74. The predicted octanol–water partition coefficient (Wildman–Crippen LogP) is 5.52. The first-order valence-electron chi connectivity index (χ1n) is 9.46. The molecule has 12 heteroatoms. The van der Waals surface area contributed by atoms with Crippen LogP contribution < -0.4 is 9.73 Å². The highest BCUT2D eigenvalue weighted by Gasteiger charge is 2.24. The Hall–Kier alpha value is -2.97. The molecule has 0 radical (unpaired) electrons. The van der Waals surface area contributed by atoms with Gasteiger partial charge >= 0.3 is 5.97 Å². The molecule has 0 aliphatic heterocycles. The summed E-state index contributed by atoms with van der Waals surface area (Å²) in [4.78, 5) is 12.3. The van der Waals surface area contributed by atoms with Gasteiger partial charge in [-0.25, -0.2) is 22.2 Å². The van der Waals surface area contributed by atoms with E-state index in [1.807, 2.05) is 29.5 Å². The normalized spacial score (nSPS) is 12.0. The van der Waals surface area contributed by atoms with Gasteiger partial charge in [0.25, 0.3) is 11.3 Å². The maximum atomic E-state index is 15.0. The van der Waals surface area contributed by atoms with Gasteiger partial charge in [-0.05, 0) is 65.9 Å². The van der Waals surface area contributed by atoms with E-state index in [9.17, 15) is 22.3 Å². The zero-order chi connectivity index (χ0) is 25.0. The van der Waals surface area contributed by atoms with Crippen molar-refractivity contribution in [3.63, 3.8) is 0 Å². The summed E-state index contributed by atoms with van der Waals surface area (Å²) in [5.74, 6) is -4.68. The number of halogens is 4. The lowest BCUT2D eigenvalue weighted by molar-refractivity contribution is 0.0601. The number of carbonyl (C=O) groups is 1. The van der Waals surface area contributed by atoms with E-state index >= 15 is 4.39 Å². The van der Waals surface area contributed by atoms with Gasteiger partial charge in [-0.15, -0.1) is 0 Å². The van der Waals surface area contributed by atoms with Crippen molar-refractivity contribution in [2.45, 2.75) is 6.92 Å². The summed E-state index contributed by atoms with van der Waals surface area (Å²) in [7, 11) is 1.04. The Balaban J connectivity index is 2.06. The van der Waals surface area contributed by atoms with E-state index in [4.69, 9.17) is 0 Å². The number of hydrazone groups is 1. The molecule has 0 amide bonds. The average Bonchev–Trinajstić information content (AvgIpc) is 2.80. The molecule has 7 nitrogen and oxygen atoms in total. The van der Waals surface area contributed by atoms with Crippen molar-refractivity contribution in [2.75, 3.05) is 16.8 Å².